The first-order chi connectivity index (χ1) is 13.1. The van der Waals surface area contributed by atoms with Gasteiger partial charge in [-0.25, -0.2) is 4.79 Å². The van der Waals surface area contributed by atoms with Crippen LogP contribution in [-0.4, -0.2) is 113 Å². The van der Waals surface area contributed by atoms with E-state index in [1.165, 1.54) is 7.11 Å². The van der Waals surface area contributed by atoms with E-state index in [1.807, 2.05) is 32.0 Å². The Bertz CT molecular complexity index is 512. The van der Waals surface area contributed by atoms with Crippen LogP contribution in [0.15, 0.2) is 24.3 Å². The SMILES string of the molecule is CC.COC(=O)c1ccccc1CBr.[B]B([B])B(B([B])[B])B(B([B])[B])B([B])[B]. The topological polar surface area (TPSA) is 26.3 Å². The van der Waals surface area contributed by atoms with Gasteiger partial charge in [0, 0.05) is 106 Å². The average molecular weight is 411 g/mol. The summed E-state index contributed by atoms with van der Waals surface area (Å²) in [6, 6.07) is 7.35. The van der Waals surface area contributed by atoms with Crippen molar-refractivity contribution in [2.75, 3.05) is 7.11 Å². The molecule has 0 atom stereocenters. The highest BCUT2D eigenvalue weighted by molar-refractivity contribution is 9.08. The van der Waals surface area contributed by atoms with Gasteiger partial charge < -0.3 is 4.74 Å². The van der Waals surface area contributed by atoms with Crippen molar-refractivity contribution in [1.29, 1.82) is 0 Å². The average Bonchev–Trinajstić information content (AvgIpc) is 2.66. The van der Waals surface area contributed by atoms with Gasteiger partial charge in [0.15, 0.2) is 0 Å². The molecule has 17 heteroatoms. The summed E-state index contributed by atoms with van der Waals surface area (Å²) >= 11 is 3.30. The van der Waals surface area contributed by atoms with Crippen LogP contribution in [0.3, 0.4) is 0 Å². The second-order valence-electron chi connectivity index (χ2n) is 5.75. The summed E-state index contributed by atoms with van der Waals surface area (Å²) in [5, 5.41) is 0.665. The predicted octanol–water partition coefficient (Wildman–Crippen LogP) is -1.94. The lowest BCUT2D eigenvalue weighted by atomic mass is 8.47. The van der Waals surface area contributed by atoms with E-state index in [4.69, 9.17) is 61.9 Å². The molecule has 1 rings (SSSR count). The Hall–Kier alpha value is 0.0791. The molecule has 0 spiro atoms. The molecule has 28 heavy (non-hydrogen) atoms. The van der Waals surface area contributed by atoms with Crippen LogP contribution in [0, 0.1) is 0 Å². The normalized spacial score (nSPS) is 8.71. The van der Waals surface area contributed by atoms with Gasteiger partial charge in [0.1, 0.15) is 0 Å². The van der Waals surface area contributed by atoms with Gasteiger partial charge in [0.2, 0.25) is 0 Å². The molecule has 0 unspecified atom stereocenters. The zero-order chi connectivity index (χ0) is 22.4. The molecule has 0 heterocycles. The molecule has 0 N–H and O–H groups in total. The third-order valence-corrected chi connectivity index (χ3v) is 4.39. The maximum Gasteiger partial charge on any atom is 0.338 e. The van der Waals surface area contributed by atoms with E-state index in [0.29, 0.717) is 10.9 Å². The maximum atomic E-state index is 11.2. The number of rotatable bonds is 7. The molecular formula is C11H15B14BrO2. The molecule has 120 valence electrons. The Labute approximate surface area is 192 Å². The molecule has 0 aromatic heterocycles. The molecule has 0 bridgehead atoms. The van der Waals surface area contributed by atoms with E-state index < -0.39 is 38.3 Å². The second-order valence-corrected chi connectivity index (χ2v) is 6.31. The van der Waals surface area contributed by atoms with Crippen LogP contribution in [-0.2, 0) is 10.1 Å². The monoisotopic (exact) mass is 412 g/mol. The Morgan fingerprint density at radius 3 is 1.50 bits per heavy atom. The lowest BCUT2D eigenvalue weighted by molar-refractivity contribution is 0.0600. The van der Waals surface area contributed by atoms with E-state index in [-0.39, 0.29) is 5.97 Å². The molecule has 0 aliphatic heterocycles. The largest absolute Gasteiger partial charge is 0.465 e. The Kier molecular flexibility index (Phi) is 18.2. The number of hydrogen-bond donors (Lipinski definition) is 0. The predicted molar refractivity (Wildman–Crippen MR) is 142 cm³/mol. The molecule has 0 fully saturated rings. The smallest absolute Gasteiger partial charge is 0.338 e. The first kappa shape index (κ1) is 30.3. The van der Waals surface area contributed by atoms with Crippen molar-refractivity contribution in [2.24, 2.45) is 0 Å². The summed E-state index contributed by atoms with van der Waals surface area (Å²) in [6.45, 7) is 4.00. The highest BCUT2D eigenvalue weighted by atomic mass is 79.9. The van der Waals surface area contributed by atoms with Crippen molar-refractivity contribution in [1.82, 2.24) is 0 Å². The number of alkyl halides is 1. The van der Waals surface area contributed by atoms with E-state index in [0.717, 1.165) is 5.56 Å². The molecule has 0 aliphatic carbocycles. The Balaban J connectivity index is 0. The first-order valence-electron chi connectivity index (χ1n) is 8.85. The van der Waals surface area contributed by atoms with Crippen molar-refractivity contribution in [2.45, 2.75) is 19.2 Å². The van der Waals surface area contributed by atoms with E-state index in [1.54, 1.807) is 6.07 Å². The molecule has 0 saturated carbocycles. The minimum Gasteiger partial charge on any atom is -0.465 e. The fraction of sp³-hybridized carbons (Fsp3) is 0.364. The number of esters is 1. The van der Waals surface area contributed by atoms with Gasteiger partial charge in [-0.15, -0.1) is 0 Å². The number of halogens is 1. The number of methoxy groups -OCH3 is 1. The van der Waals surface area contributed by atoms with Crippen LogP contribution in [0.2, 0.25) is 0 Å². The van der Waals surface area contributed by atoms with Crippen molar-refractivity contribution in [3.05, 3.63) is 35.4 Å². The van der Waals surface area contributed by atoms with Crippen LogP contribution in [0.25, 0.3) is 0 Å². The Morgan fingerprint density at radius 1 is 0.857 bits per heavy atom. The summed E-state index contributed by atoms with van der Waals surface area (Å²) in [5.74, 6) is -0.287. The first-order valence-corrected chi connectivity index (χ1v) is 9.97. The summed E-state index contributed by atoms with van der Waals surface area (Å²) in [6.07, 6.45) is -4.08. The van der Waals surface area contributed by atoms with E-state index in [9.17, 15) is 4.79 Å². The molecule has 1 aromatic carbocycles. The van der Waals surface area contributed by atoms with Gasteiger partial charge in [0.25, 0.3) is 0 Å². The van der Waals surface area contributed by atoms with Gasteiger partial charge in [-0.3, -0.25) is 0 Å². The maximum absolute atomic E-state index is 11.2. The van der Waals surface area contributed by atoms with Gasteiger partial charge >= 0.3 is 5.97 Å². The molecule has 1 aromatic rings. The van der Waals surface area contributed by atoms with Crippen LogP contribution < -0.4 is 0 Å². The Morgan fingerprint density at radius 2 is 1.21 bits per heavy atom. The minimum atomic E-state index is -0.760. The van der Waals surface area contributed by atoms with Crippen molar-refractivity contribution in [3.8, 4) is 0 Å². The lowest BCUT2D eigenvalue weighted by Gasteiger charge is -2.34. The van der Waals surface area contributed by atoms with Gasteiger partial charge in [0.05, 0.1) is 12.7 Å². The van der Waals surface area contributed by atoms with Gasteiger partial charge in [-0.2, -0.15) is 0 Å². The summed E-state index contributed by atoms with van der Waals surface area (Å²) in [5.41, 5.74) is 1.57. The summed E-state index contributed by atoms with van der Waals surface area (Å²) < 4.78 is 4.62. The zero-order valence-corrected chi connectivity index (χ0v) is 18.4. The van der Waals surface area contributed by atoms with Crippen LogP contribution in [0.4, 0.5) is 0 Å². The molecule has 0 amide bonds. The number of benzene rings is 1. The van der Waals surface area contributed by atoms with Crippen LogP contribution in [0.1, 0.15) is 29.8 Å². The second kappa shape index (κ2) is 16.8. The van der Waals surface area contributed by atoms with Gasteiger partial charge in [-0.1, -0.05) is 48.0 Å². The molecule has 0 saturated heterocycles. The van der Waals surface area contributed by atoms with E-state index in [2.05, 4.69) is 20.7 Å². The number of carbonyl (C=O) groups excluding carboxylic acids is 1. The molecule has 0 aliphatic rings. The van der Waals surface area contributed by atoms with Crippen LogP contribution >= 0.6 is 15.9 Å². The van der Waals surface area contributed by atoms with E-state index >= 15 is 0 Å². The third kappa shape index (κ3) is 10.7. The number of hydrogen-bond acceptors (Lipinski definition) is 2. The van der Waals surface area contributed by atoms with Crippen molar-refractivity contribution in [3.63, 3.8) is 0 Å². The molecule has 16 radical (unpaired) electrons. The fourth-order valence-electron chi connectivity index (χ4n) is 2.49. The quantitative estimate of drug-likeness (QED) is 0.297. The molecule has 2 nitrogen and oxygen atoms in total. The molecular weight excluding hydrogens is 395 g/mol. The highest BCUT2D eigenvalue weighted by Crippen LogP contribution is 2.12. The lowest BCUT2D eigenvalue weighted by Crippen LogP contribution is -2.72. The van der Waals surface area contributed by atoms with Gasteiger partial charge in [-0.05, 0) is 11.6 Å². The van der Waals surface area contributed by atoms with Crippen molar-refractivity contribution < 1.29 is 9.53 Å². The highest BCUT2D eigenvalue weighted by Gasteiger charge is 2.35. The summed E-state index contributed by atoms with van der Waals surface area (Å²) in [7, 11) is 45.5. The zero-order valence-electron chi connectivity index (χ0n) is 16.8. The minimum absolute atomic E-state index is 0.287. The van der Waals surface area contributed by atoms with Crippen LogP contribution in [0.5, 0.6) is 0 Å². The third-order valence-electron chi connectivity index (χ3n) is 3.79. The fourth-order valence-corrected chi connectivity index (χ4v) is 2.97. The summed E-state index contributed by atoms with van der Waals surface area (Å²) in [4.78, 5) is 11.2. The standard InChI is InChI=1S/C9H9BrO2.C2H6.B14/c1-12-9(11)8-5-3-2-4-7(8)6-10;1-2;1-9(2)13(10(3)4)14(11(5)6)12(7)8/h2-5H,6H2,1H3;1-2H3;. The number of ether oxygens (including phenoxy) is 1. The number of carbonyl (C=O) groups is 1. The van der Waals surface area contributed by atoms with Crippen molar-refractivity contribution >= 4 is 122 Å².